The number of anilines is 1. The van der Waals surface area contributed by atoms with Crippen molar-refractivity contribution in [2.75, 3.05) is 18.8 Å². The van der Waals surface area contributed by atoms with E-state index in [0.29, 0.717) is 17.3 Å². The molecule has 4 N–H and O–H groups in total. The zero-order chi connectivity index (χ0) is 15.8. The highest BCUT2D eigenvalue weighted by molar-refractivity contribution is 9.10. The molecule has 1 aliphatic heterocycles. The Morgan fingerprint density at radius 1 is 1.33 bits per heavy atom. The highest BCUT2D eigenvalue weighted by Gasteiger charge is 2.31. The molecule has 1 heterocycles. The quantitative estimate of drug-likeness (QED) is 0.671. The lowest BCUT2D eigenvalue weighted by molar-refractivity contribution is 0.0697. The molecule has 0 amide bonds. The molecule has 1 saturated heterocycles. The van der Waals surface area contributed by atoms with E-state index in [9.17, 15) is 18.3 Å². The third-order valence-corrected chi connectivity index (χ3v) is 5.77. The molecule has 0 saturated carbocycles. The van der Waals surface area contributed by atoms with Gasteiger partial charge in [0, 0.05) is 17.6 Å². The molecule has 0 unspecified atom stereocenters. The summed E-state index contributed by atoms with van der Waals surface area (Å²) in [5.41, 5.74) is 5.17. The van der Waals surface area contributed by atoms with Crippen molar-refractivity contribution in [1.82, 2.24) is 4.31 Å². The normalized spacial score (nSPS) is 17.8. The van der Waals surface area contributed by atoms with E-state index in [-0.39, 0.29) is 29.2 Å². The molecular formula is C12H15BrN2O5S. The summed E-state index contributed by atoms with van der Waals surface area (Å²) < 4.78 is 26.7. The minimum Gasteiger partial charge on any atom is -0.478 e. The van der Waals surface area contributed by atoms with Crippen LogP contribution in [-0.2, 0) is 10.0 Å². The predicted octanol–water partition coefficient (Wildman–Crippen LogP) is 0.875. The number of nitrogens with zero attached hydrogens (tertiary/aromatic N) is 1. The highest BCUT2D eigenvalue weighted by Crippen LogP contribution is 2.31. The van der Waals surface area contributed by atoms with Crippen molar-refractivity contribution in [2.45, 2.75) is 23.8 Å². The molecule has 0 aromatic heterocycles. The van der Waals surface area contributed by atoms with E-state index in [2.05, 4.69) is 15.9 Å². The van der Waals surface area contributed by atoms with Crippen molar-refractivity contribution in [3.05, 3.63) is 22.2 Å². The van der Waals surface area contributed by atoms with Crippen molar-refractivity contribution in [1.29, 1.82) is 0 Å². The standard InChI is InChI=1S/C12H15BrN2O5S/c13-7-5-9(12(17)18)11(14)10(6-7)21(19,20)15-3-1-8(16)2-4-15/h5-6,8,16H,1-4,14H2,(H,17,18). The number of carboxylic acids is 1. The number of nitrogens with two attached hydrogens (primary N) is 1. The van der Waals surface area contributed by atoms with Crippen LogP contribution < -0.4 is 5.73 Å². The van der Waals surface area contributed by atoms with Crippen LogP contribution in [0.2, 0.25) is 0 Å². The molecule has 1 aromatic rings. The molecule has 9 heteroatoms. The zero-order valence-electron chi connectivity index (χ0n) is 11.0. The molecule has 0 bridgehead atoms. The summed E-state index contributed by atoms with van der Waals surface area (Å²) in [5, 5.41) is 18.5. The molecule has 2 rings (SSSR count). The van der Waals surface area contributed by atoms with Crippen LogP contribution in [-0.4, -0.2) is 48.1 Å². The van der Waals surface area contributed by atoms with E-state index in [1.54, 1.807) is 0 Å². The smallest absolute Gasteiger partial charge is 0.337 e. The summed E-state index contributed by atoms with van der Waals surface area (Å²) in [6.45, 7) is 0.357. The number of aromatic carboxylic acids is 1. The topological polar surface area (TPSA) is 121 Å². The average Bonchev–Trinajstić information content (AvgIpc) is 2.41. The lowest BCUT2D eigenvalue weighted by Gasteiger charge is -2.29. The Hall–Kier alpha value is -1.16. The number of carboxylic acid groups (broad SMARTS) is 1. The molecule has 0 aliphatic carbocycles. The van der Waals surface area contributed by atoms with Gasteiger partial charge < -0.3 is 15.9 Å². The number of carbonyl (C=O) groups is 1. The fraction of sp³-hybridized carbons (Fsp3) is 0.417. The van der Waals surface area contributed by atoms with Gasteiger partial charge in [0.2, 0.25) is 10.0 Å². The fourth-order valence-corrected chi connectivity index (χ4v) is 4.45. The van der Waals surface area contributed by atoms with Crippen molar-refractivity contribution >= 4 is 37.6 Å². The molecule has 116 valence electrons. The molecule has 1 fully saturated rings. The summed E-state index contributed by atoms with van der Waals surface area (Å²) in [6.07, 6.45) is 0.184. The first-order valence-electron chi connectivity index (χ1n) is 6.24. The van der Waals surface area contributed by atoms with Gasteiger partial charge in [0.1, 0.15) is 4.90 Å². The first-order valence-corrected chi connectivity index (χ1v) is 8.47. The van der Waals surface area contributed by atoms with E-state index in [1.165, 1.54) is 16.4 Å². The molecule has 1 aliphatic rings. The first kappa shape index (κ1) is 16.2. The van der Waals surface area contributed by atoms with Crippen LogP contribution in [0.4, 0.5) is 5.69 Å². The van der Waals surface area contributed by atoms with Gasteiger partial charge in [0.25, 0.3) is 0 Å². The fourth-order valence-electron chi connectivity index (χ4n) is 2.20. The zero-order valence-corrected chi connectivity index (χ0v) is 13.4. The van der Waals surface area contributed by atoms with Gasteiger partial charge in [-0.2, -0.15) is 4.31 Å². The van der Waals surface area contributed by atoms with Crippen LogP contribution in [0.1, 0.15) is 23.2 Å². The molecule has 7 nitrogen and oxygen atoms in total. The van der Waals surface area contributed by atoms with Crippen LogP contribution in [0.25, 0.3) is 0 Å². The van der Waals surface area contributed by atoms with Crippen LogP contribution in [0.3, 0.4) is 0 Å². The molecular weight excluding hydrogens is 364 g/mol. The van der Waals surface area contributed by atoms with Gasteiger partial charge in [-0.1, -0.05) is 15.9 Å². The van der Waals surface area contributed by atoms with E-state index in [1.807, 2.05) is 0 Å². The number of nitrogen functional groups attached to an aromatic ring is 1. The van der Waals surface area contributed by atoms with E-state index < -0.39 is 22.1 Å². The van der Waals surface area contributed by atoms with Crippen LogP contribution >= 0.6 is 15.9 Å². The summed E-state index contributed by atoms with van der Waals surface area (Å²) >= 11 is 3.10. The Morgan fingerprint density at radius 3 is 2.43 bits per heavy atom. The predicted molar refractivity (Wildman–Crippen MR) is 79.5 cm³/mol. The summed E-state index contributed by atoms with van der Waals surface area (Å²) in [6, 6.07) is 2.55. The second kappa shape index (κ2) is 5.91. The van der Waals surface area contributed by atoms with Crippen LogP contribution in [0.15, 0.2) is 21.5 Å². The molecule has 0 radical (unpaired) electrons. The van der Waals surface area contributed by atoms with Crippen LogP contribution in [0.5, 0.6) is 0 Å². The Labute approximate surface area is 130 Å². The van der Waals surface area contributed by atoms with E-state index in [4.69, 9.17) is 10.8 Å². The maximum Gasteiger partial charge on any atom is 0.337 e. The Bertz CT molecular complexity index is 668. The first-order chi connectivity index (χ1) is 9.73. The van der Waals surface area contributed by atoms with E-state index >= 15 is 0 Å². The number of benzene rings is 1. The third-order valence-electron chi connectivity index (χ3n) is 3.38. The molecule has 1 aromatic carbocycles. The number of halogens is 1. The maximum atomic E-state index is 12.6. The van der Waals surface area contributed by atoms with Crippen molar-refractivity contribution in [2.24, 2.45) is 0 Å². The van der Waals surface area contributed by atoms with Crippen LogP contribution in [0, 0.1) is 0 Å². The van der Waals surface area contributed by atoms with E-state index in [0.717, 1.165) is 0 Å². The third kappa shape index (κ3) is 3.20. The SMILES string of the molecule is Nc1c(C(=O)O)cc(Br)cc1S(=O)(=O)N1CCC(O)CC1. The van der Waals surface area contributed by atoms with Gasteiger partial charge in [-0.3, -0.25) is 0 Å². The molecule has 0 atom stereocenters. The van der Waals surface area contributed by atoms with Gasteiger partial charge in [-0.15, -0.1) is 0 Å². The number of aliphatic hydroxyl groups is 1. The Kier molecular flexibility index (Phi) is 4.57. The number of sulfonamides is 1. The minimum atomic E-state index is -3.89. The monoisotopic (exact) mass is 378 g/mol. The number of aliphatic hydroxyl groups excluding tert-OH is 1. The molecule has 0 spiro atoms. The van der Waals surface area contributed by atoms with Gasteiger partial charge in [-0.05, 0) is 25.0 Å². The lowest BCUT2D eigenvalue weighted by atomic mass is 10.1. The summed E-state index contributed by atoms with van der Waals surface area (Å²) in [5.74, 6) is -1.29. The van der Waals surface area contributed by atoms with Gasteiger partial charge in [-0.25, -0.2) is 13.2 Å². The lowest BCUT2D eigenvalue weighted by Crippen LogP contribution is -2.40. The Balaban J connectivity index is 2.47. The second-order valence-electron chi connectivity index (χ2n) is 4.81. The summed E-state index contributed by atoms with van der Waals surface area (Å²) in [7, 11) is -3.89. The van der Waals surface area contributed by atoms with Crippen molar-refractivity contribution in [3.63, 3.8) is 0 Å². The number of hydrogen-bond acceptors (Lipinski definition) is 5. The number of rotatable bonds is 3. The van der Waals surface area contributed by atoms with Crippen molar-refractivity contribution < 1.29 is 23.4 Å². The minimum absolute atomic E-state index is 0.178. The Morgan fingerprint density at radius 2 is 1.90 bits per heavy atom. The number of piperidine rings is 1. The highest BCUT2D eigenvalue weighted by atomic mass is 79.9. The number of hydrogen-bond donors (Lipinski definition) is 3. The summed E-state index contributed by atoms with van der Waals surface area (Å²) in [4.78, 5) is 10.9. The maximum absolute atomic E-state index is 12.6. The second-order valence-corrected chi connectivity index (χ2v) is 7.63. The largest absolute Gasteiger partial charge is 0.478 e. The van der Waals surface area contributed by atoms with Crippen molar-refractivity contribution in [3.8, 4) is 0 Å². The van der Waals surface area contributed by atoms with Gasteiger partial charge >= 0.3 is 5.97 Å². The van der Waals surface area contributed by atoms with Gasteiger partial charge in [0.05, 0.1) is 17.4 Å². The van der Waals surface area contributed by atoms with Gasteiger partial charge in [0.15, 0.2) is 0 Å². The average molecular weight is 379 g/mol. The molecule has 21 heavy (non-hydrogen) atoms.